The third-order valence-electron chi connectivity index (χ3n) is 2.73. The number of unbranched alkanes of at least 4 members (excludes halogenated alkanes) is 1. The lowest BCUT2D eigenvalue weighted by molar-refractivity contribution is 0.295. The number of nitrogens with two attached hydrogens (primary N) is 1. The van der Waals surface area contributed by atoms with Crippen molar-refractivity contribution in [3.63, 3.8) is 0 Å². The van der Waals surface area contributed by atoms with Crippen LogP contribution in [0, 0.1) is 22.6 Å². The lowest BCUT2D eigenvalue weighted by atomic mass is 9.89. The molecule has 0 saturated heterocycles. The minimum atomic E-state index is -0.357. The van der Waals surface area contributed by atoms with E-state index in [-0.39, 0.29) is 11.2 Å². The molecule has 0 amide bonds. The van der Waals surface area contributed by atoms with Gasteiger partial charge in [0.2, 0.25) is 0 Å². The Hall–Kier alpha value is -1.76. The lowest BCUT2D eigenvalue weighted by Gasteiger charge is -2.14. The number of anilines is 1. The average Bonchev–Trinajstić information content (AvgIpc) is 2.33. The molecule has 0 unspecified atom stereocenters. The van der Waals surface area contributed by atoms with Gasteiger partial charge in [0.05, 0.1) is 23.8 Å². The molecule has 1 aromatic rings. The first-order chi connectivity index (χ1) is 8.44. The van der Waals surface area contributed by atoms with Crippen LogP contribution in [0.5, 0.6) is 5.75 Å². The quantitative estimate of drug-likeness (QED) is 0.621. The van der Waals surface area contributed by atoms with Gasteiger partial charge in [-0.2, -0.15) is 5.26 Å². The molecule has 1 aromatic carbocycles. The zero-order valence-corrected chi connectivity index (χ0v) is 10.9. The number of rotatable bonds is 6. The Kier molecular flexibility index (Phi) is 4.96. The van der Waals surface area contributed by atoms with Gasteiger partial charge in [0.1, 0.15) is 11.6 Å². The van der Waals surface area contributed by atoms with E-state index in [9.17, 15) is 4.39 Å². The highest BCUT2D eigenvalue weighted by atomic mass is 19.1. The zero-order chi connectivity index (χ0) is 13.6. The third kappa shape index (κ3) is 4.62. The van der Waals surface area contributed by atoms with Crippen molar-refractivity contribution in [2.75, 3.05) is 12.3 Å². The summed E-state index contributed by atoms with van der Waals surface area (Å²) < 4.78 is 18.4. The van der Waals surface area contributed by atoms with Crippen molar-refractivity contribution in [2.45, 2.75) is 33.1 Å². The molecule has 0 heterocycles. The van der Waals surface area contributed by atoms with Crippen molar-refractivity contribution in [3.05, 3.63) is 24.0 Å². The van der Waals surface area contributed by atoms with Gasteiger partial charge in [-0.25, -0.2) is 4.39 Å². The van der Waals surface area contributed by atoms with Crippen LogP contribution in [0.3, 0.4) is 0 Å². The van der Waals surface area contributed by atoms with Crippen LogP contribution < -0.4 is 10.5 Å². The minimum absolute atomic E-state index is 0.294. The fourth-order valence-electron chi connectivity index (χ4n) is 1.54. The van der Waals surface area contributed by atoms with Gasteiger partial charge in [-0.15, -0.1) is 0 Å². The molecule has 0 spiro atoms. The van der Waals surface area contributed by atoms with E-state index in [0.717, 1.165) is 19.3 Å². The summed E-state index contributed by atoms with van der Waals surface area (Å²) in [6, 6.07) is 6.34. The molecule has 3 nitrogen and oxygen atoms in total. The van der Waals surface area contributed by atoms with Crippen LogP contribution in [0.4, 0.5) is 10.1 Å². The summed E-state index contributed by atoms with van der Waals surface area (Å²) in [7, 11) is 0. The van der Waals surface area contributed by atoms with Crippen LogP contribution >= 0.6 is 0 Å². The van der Waals surface area contributed by atoms with Crippen molar-refractivity contribution in [1.29, 1.82) is 5.26 Å². The second kappa shape index (κ2) is 6.25. The number of ether oxygens (including phenoxy) is 1. The van der Waals surface area contributed by atoms with Crippen LogP contribution in [0.1, 0.15) is 33.1 Å². The normalized spacial score (nSPS) is 11.0. The Bertz CT molecular complexity index is 438. The molecule has 98 valence electrons. The fourth-order valence-corrected chi connectivity index (χ4v) is 1.54. The molecule has 1 rings (SSSR count). The molecule has 0 saturated carbocycles. The van der Waals surface area contributed by atoms with Crippen molar-refractivity contribution in [2.24, 2.45) is 5.41 Å². The number of hydrogen-bond acceptors (Lipinski definition) is 3. The van der Waals surface area contributed by atoms with Crippen LogP contribution in [0.15, 0.2) is 18.2 Å². The van der Waals surface area contributed by atoms with Gasteiger partial charge in [-0.05, 0) is 45.2 Å². The molecule has 0 aliphatic rings. The molecule has 0 aliphatic heterocycles. The van der Waals surface area contributed by atoms with Gasteiger partial charge in [0.25, 0.3) is 0 Å². The zero-order valence-electron chi connectivity index (χ0n) is 10.9. The third-order valence-corrected chi connectivity index (χ3v) is 2.73. The van der Waals surface area contributed by atoms with E-state index in [1.54, 1.807) is 0 Å². The summed E-state index contributed by atoms with van der Waals surface area (Å²) in [4.78, 5) is 0. The Morgan fingerprint density at radius 2 is 2.11 bits per heavy atom. The summed E-state index contributed by atoms with van der Waals surface area (Å²) in [5, 5.41) is 8.86. The van der Waals surface area contributed by atoms with Gasteiger partial charge >= 0.3 is 0 Å². The van der Waals surface area contributed by atoms with E-state index in [1.807, 2.05) is 13.8 Å². The number of nitrogen functional groups attached to an aromatic ring is 1. The molecule has 0 aromatic heterocycles. The van der Waals surface area contributed by atoms with Gasteiger partial charge in [0, 0.05) is 6.07 Å². The Morgan fingerprint density at radius 1 is 1.39 bits per heavy atom. The smallest absolute Gasteiger partial charge is 0.145 e. The predicted octanol–water partition coefficient (Wildman–Crippen LogP) is 3.51. The summed E-state index contributed by atoms with van der Waals surface area (Å²) in [6.07, 6.45) is 2.54. The molecule has 4 heteroatoms. The molecule has 18 heavy (non-hydrogen) atoms. The first kappa shape index (κ1) is 14.3. The minimum Gasteiger partial charge on any atom is -0.491 e. The largest absolute Gasteiger partial charge is 0.491 e. The molecular formula is C14H19FN2O. The standard InChI is InChI=1S/C14H19FN2O/c1-14(2,10-16)7-3-4-8-18-13-9-11(15)5-6-12(13)17/h5-6,9H,3-4,7-8,17H2,1-2H3. The molecule has 0 atom stereocenters. The maximum atomic E-state index is 13.0. The number of halogens is 1. The van der Waals surface area contributed by atoms with E-state index in [4.69, 9.17) is 15.7 Å². The lowest BCUT2D eigenvalue weighted by Crippen LogP contribution is -2.08. The van der Waals surface area contributed by atoms with E-state index in [0.29, 0.717) is 18.0 Å². The summed E-state index contributed by atoms with van der Waals surface area (Å²) >= 11 is 0. The van der Waals surface area contributed by atoms with E-state index >= 15 is 0 Å². The molecule has 0 bridgehead atoms. The summed E-state index contributed by atoms with van der Waals surface area (Å²) in [5.41, 5.74) is 5.81. The van der Waals surface area contributed by atoms with E-state index in [1.165, 1.54) is 18.2 Å². The van der Waals surface area contributed by atoms with Crippen molar-refractivity contribution in [1.82, 2.24) is 0 Å². The van der Waals surface area contributed by atoms with E-state index in [2.05, 4.69) is 6.07 Å². The predicted molar refractivity (Wildman–Crippen MR) is 69.6 cm³/mol. The Labute approximate surface area is 107 Å². The summed E-state index contributed by atoms with van der Waals surface area (Å²) in [6.45, 7) is 4.31. The number of hydrogen-bond donors (Lipinski definition) is 1. The molecule has 0 radical (unpaired) electrons. The average molecular weight is 250 g/mol. The van der Waals surface area contributed by atoms with Crippen molar-refractivity contribution in [3.8, 4) is 11.8 Å². The van der Waals surface area contributed by atoms with Crippen LogP contribution in [-0.4, -0.2) is 6.61 Å². The summed E-state index contributed by atoms with van der Waals surface area (Å²) in [5.74, 6) is 0.0272. The monoisotopic (exact) mass is 250 g/mol. The van der Waals surface area contributed by atoms with Gasteiger partial charge in [0.15, 0.2) is 0 Å². The van der Waals surface area contributed by atoms with Crippen LogP contribution in [0.25, 0.3) is 0 Å². The van der Waals surface area contributed by atoms with Gasteiger partial charge < -0.3 is 10.5 Å². The highest BCUT2D eigenvalue weighted by molar-refractivity contribution is 5.52. The maximum Gasteiger partial charge on any atom is 0.145 e. The van der Waals surface area contributed by atoms with Gasteiger partial charge in [-0.3, -0.25) is 0 Å². The van der Waals surface area contributed by atoms with Gasteiger partial charge in [-0.1, -0.05) is 0 Å². The molecular weight excluding hydrogens is 231 g/mol. The topological polar surface area (TPSA) is 59.0 Å². The molecule has 2 N–H and O–H groups in total. The number of benzene rings is 1. The SMILES string of the molecule is CC(C)(C#N)CCCCOc1cc(F)ccc1N. The first-order valence-corrected chi connectivity index (χ1v) is 6.04. The van der Waals surface area contributed by atoms with Crippen molar-refractivity contribution < 1.29 is 9.13 Å². The Morgan fingerprint density at radius 3 is 2.78 bits per heavy atom. The maximum absolute atomic E-state index is 13.0. The van der Waals surface area contributed by atoms with E-state index < -0.39 is 0 Å². The molecule has 0 fully saturated rings. The highest BCUT2D eigenvalue weighted by Crippen LogP contribution is 2.24. The van der Waals surface area contributed by atoms with Crippen LogP contribution in [-0.2, 0) is 0 Å². The second-order valence-electron chi connectivity index (χ2n) is 4.98. The van der Waals surface area contributed by atoms with Crippen LogP contribution in [0.2, 0.25) is 0 Å². The first-order valence-electron chi connectivity index (χ1n) is 6.04. The van der Waals surface area contributed by atoms with Crippen molar-refractivity contribution >= 4 is 5.69 Å². The number of nitrogens with zero attached hydrogens (tertiary/aromatic N) is 1. The fraction of sp³-hybridized carbons (Fsp3) is 0.500. The Balaban J connectivity index is 2.30. The second-order valence-corrected chi connectivity index (χ2v) is 4.98. The highest BCUT2D eigenvalue weighted by Gasteiger charge is 2.15. The molecule has 0 aliphatic carbocycles. The number of nitriles is 1.